The van der Waals surface area contributed by atoms with E-state index in [0.29, 0.717) is 12.2 Å². The second-order valence-corrected chi connectivity index (χ2v) is 10.3. The van der Waals surface area contributed by atoms with E-state index in [1.54, 1.807) is 35.4 Å². The highest BCUT2D eigenvalue weighted by molar-refractivity contribution is 7.89. The van der Waals surface area contributed by atoms with Crippen LogP contribution in [0.3, 0.4) is 0 Å². The monoisotopic (exact) mass is 516 g/mol. The number of benzene rings is 3. The van der Waals surface area contributed by atoms with Gasteiger partial charge in [0.25, 0.3) is 5.09 Å². The molecule has 3 aromatic rings. The average Bonchev–Trinajstić information content (AvgIpc) is 2.93. The van der Waals surface area contributed by atoms with Gasteiger partial charge in [0.2, 0.25) is 0 Å². The van der Waals surface area contributed by atoms with Gasteiger partial charge in [0.1, 0.15) is 12.0 Å². The van der Waals surface area contributed by atoms with Crippen LogP contribution in [0.15, 0.2) is 109 Å². The van der Waals surface area contributed by atoms with Crippen LogP contribution in [0.2, 0.25) is 0 Å². The third kappa shape index (κ3) is 5.33. The second kappa shape index (κ2) is 10.7. The van der Waals surface area contributed by atoms with Gasteiger partial charge in [0.05, 0.1) is 6.26 Å². The van der Waals surface area contributed by atoms with Crippen molar-refractivity contribution in [3.8, 4) is 0 Å². The maximum absolute atomic E-state index is 11.0. The number of fused-ring (bicyclic) bond motifs is 5. The Labute approximate surface area is 216 Å². The van der Waals surface area contributed by atoms with Gasteiger partial charge in [-0.1, -0.05) is 60.7 Å². The second-order valence-electron chi connectivity index (χ2n) is 8.97. The van der Waals surface area contributed by atoms with E-state index < -0.39 is 21.3 Å². The number of aryl methyl sites for hydroxylation is 2. The van der Waals surface area contributed by atoms with E-state index in [4.69, 9.17) is 18.8 Å². The summed E-state index contributed by atoms with van der Waals surface area (Å²) in [5.41, 5.74) is 3.17. The molecule has 0 spiro atoms. The molecule has 3 aliphatic rings. The zero-order valence-electron chi connectivity index (χ0n) is 20.3. The molecule has 1 unspecified atom stereocenters. The van der Waals surface area contributed by atoms with E-state index in [9.17, 15) is 8.42 Å². The Bertz CT molecular complexity index is 1580. The van der Waals surface area contributed by atoms with E-state index in [2.05, 4.69) is 55.1 Å². The third-order valence-electron chi connectivity index (χ3n) is 6.58. The standard InChI is InChI=1S/C18H16.C12H12O6S/c1-3-7-15-13(5-1)9-11-18-16-8-4-2-6-14(16)10-12-17(15)18;1-2-5-9-12(10-6-3-4-7-16-10)18-11(8-17-9)19(13,14)15/h1,3,5,7,9-12H,2,4,6,8H2;2-4,6-8,10H,1,5H2,(H,13,14,15). The Kier molecular flexibility index (Phi) is 7.17. The van der Waals surface area contributed by atoms with Crippen molar-refractivity contribution in [1.29, 1.82) is 0 Å². The maximum atomic E-state index is 11.0. The SMILES string of the molecule is C=CCC1=C(C2C=CC=CO2)OC(S(=O)(=O)O)=CO1.c1ccc2c(c1)ccc1c3c(ccc12)CCCC3. The summed E-state index contributed by atoms with van der Waals surface area (Å²) in [6.07, 6.45) is 13.8. The Morgan fingerprint density at radius 3 is 2.57 bits per heavy atom. The number of hydrogen-bond acceptors (Lipinski definition) is 5. The summed E-state index contributed by atoms with van der Waals surface area (Å²) in [7, 11) is -4.48. The molecular weight excluding hydrogens is 488 g/mol. The molecule has 1 aliphatic carbocycles. The molecule has 2 aliphatic heterocycles. The molecule has 6 rings (SSSR count). The smallest absolute Gasteiger partial charge is 0.331 e. The summed E-state index contributed by atoms with van der Waals surface area (Å²) in [5, 5.41) is 4.96. The lowest BCUT2D eigenvalue weighted by atomic mass is 9.86. The highest BCUT2D eigenvalue weighted by Crippen LogP contribution is 2.33. The summed E-state index contributed by atoms with van der Waals surface area (Å²) in [5.74, 6) is 0.531. The van der Waals surface area contributed by atoms with Crippen LogP contribution in [0.5, 0.6) is 0 Å². The molecule has 190 valence electrons. The number of ether oxygens (including phenoxy) is 3. The molecule has 0 amide bonds. The van der Waals surface area contributed by atoms with E-state index in [0.717, 1.165) is 6.26 Å². The molecule has 1 atom stereocenters. The molecule has 0 fully saturated rings. The summed E-state index contributed by atoms with van der Waals surface area (Å²) >= 11 is 0. The van der Waals surface area contributed by atoms with Crippen molar-refractivity contribution in [1.82, 2.24) is 0 Å². The van der Waals surface area contributed by atoms with E-state index in [-0.39, 0.29) is 5.76 Å². The predicted molar refractivity (Wildman–Crippen MR) is 145 cm³/mol. The van der Waals surface area contributed by atoms with Gasteiger partial charge in [0, 0.05) is 6.42 Å². The molecule has 1 N–H and O–H groups in total. The molecule has 37 heavy (non-hydrogen) atoms. The van der Waals surface area contributed by atoms with Crippen LogP contribution in [0.1, 0.15) is 30.4 Å². The lowest BCUT2D eigenvalue weighted by molar-refractivity contribution is 0.115. The average molecular weight is 517 g/mol. The molecule has 3 aromatic carbocycles. The predicted octanol–water partition coefficient (Wildman–Crippen LogP) is 6.85. The molecule has 0 aromatic heterocycles. The fourth-order valence-corrected chi connectivity index (χ4v) is 5.22. The van der Waals surface area contributed by atoms with Gasteiger partial charge >= 0.3 is 10.1 Å². The molecular formula is C30H28O6S. The number of allylic oxidation sites excluding steroid dienone is 3. The Morgan fingerprint density at radius 1 is 0.973 bits per heavy atom. The minimum Gasteiger partial charge on any atom is -0.486 e. The van der Waals surface area contributed by atoms with Gasteiger partial charge in [-0.25, -0.2) is 0 Å². The lowest BCUT2D eigenvalue weighted by Gasteiger charge is -2.24. The van der Waals surface area contributed by atoms with Crippen LogP contribution in [0.25, 0.3) is 21.5 Å². The highest BCUT2D eigenvalue weighted by Gasteiger charge is 2.30. The molecule has 0 bridgehead atoms. The first kappa shape index (κ1) is 24.9. The third-order valence-corrected chi connectivity index (χ3v) is 7.27. The van der Waals surface area contributed by atoms with Crippen LogP contribution < -0.4 is 0 Å². The van der Waals surface area contributed by atoms with Crippen molar-refractivity contribution in [3.63, 3.8) is 0 Å². The van der Waals surface area contributed by atoms with Crippen molar-refractivity contribution >= 4 is 31.7 Å². The van der Waals surface area contributed by atoms with Crippen LogP contribution in [-0.4, -0.2) is 19.1 Å². The van der Waals surface area contributed by atoms with Crippen LogP contribution >= 0.6 is 0 Å². The van der Waals surface area contributed by atoms with Crippen molar-refractivity contribution in [2.45, 2.75) is 38.2 Å². The van der Waals surface area contributed by atoms with Crippen LogP contribution in [0.4, 0.5) is 0 Å². The molecule has 0 saturated carbocycles. The number of rotatable bonds is 4. The van der Waals surface area contributed by atoms with E-state index in [1.807, 2.05) is 0 Å². The fraction of sp³-hybridized carbons (Fsp3) is 0.200. The molecule has 6 nitrogen and oxygen atoms in total. The zero-order chi connectivity index (χ0) is 25.8. The molecule has 0 saturated heterocycles. The minimum atomic E-state index is -4.48. The fourth-order valence-electron chi connectivity index (χ4n) is 4.85. The Morgan fingerprint density at radius 2 is 1.78 bits per heavy atom. The highest BCUT2D eigenvalue weighted by atomic mass is 32.2. The summed E-state index contributed by atoms with van der Waals surface area (Å²) < 4.78 is 46.7. The molecule has 7 heteroatoms. The van der Waals surface area contributed by atoms with Crippen molar-refractivity contribution in [2.24, 2.45) is 0 Å². The normalized spacial score (nSPS) is 18.6. The number of hydrogen-bond donors (Lipinski definition) is 1. The quantitative estimate of drug-likeness (QED) is 0.232. The van der Waals surface area contributed by atoms with Crippen LogP contribution in [0, 0.1) is 0 Å². The first-order valence-corrected chi connectivity index (χ1v) is 13.7. The van der Waals surface area contributed by atoms with Crippen LogP contribution in [-0.2, 0) is 37.2 Å². The van der Waals surface area contributed by atoms with Gasteiger partial charge in [-0.3, -0.25) is 4.55 Å². The van der Waals surface area contributed by atoms with Crippen molar-refractivity contribution < 1.29 is 27.2 Å². The zero-order valence-corrected chi connectivity index (χ0v) is 21.1. The Balaban J connectivity index is 0.000000151. The van der Waals surface area contributed by atoms with Gasteiger partial charge in [0.15, 0.2) is 11.9 Å². The van der Waals surface area contributed by atoms with E-state index >= 15 is 0 Å². The summed E-state index contributed by atoms with van der Waals surface area (Å²) in [6, 6.07) is 18.0. The first-order chi connectivity index (χ1) is 18.0. The summed E-state index contributed by atoms with van der Waals surface area (Å²) in [6.45, 7) is 3.57. The van der Waals surface area contributed by atoms with Gasteiger partial charge in [-0.2, -0.15) is 8.42 Å². The topological polar surface area (TPSA) is 82.1 Å². The van der Waals surface area contributed by atoms with Crippen molar-refractivity contribution in [3.05, 3.63) is 120 Å². The lowest BCUT2D eigenvalue weighted by Crippen LogP contribution is -2.22. The largest absolute Gasteiger partial charge is 0.486 e. The van der Waals surface area contributed by atoms with Crippen molar-refractivity contribution in [2.75, 3.05) is 0 Å². The molecule has 0 radical (unpaired) electrons. The minimum absolute atomic E-state index is 0.163. The maximum Gasteiger partial charge on any atom is 0.331 e. The van der Waals surface area contributed by atoms with Gasteiger partial charge < -0.3 is 14.2 Å². The molecule has 2 heterocycles. The van der Waals surface area contributed by atoms with Gasteiger partial charge in [-0.15, -0.1) is 6.58 Å². The van der Waals surface area contributed by atoms with E-state index in [1.165, 1.54) is 53.5 Å². The van der Waals surface area contributed by atoms with Gasteiger partial charge in [-0.05, 0) is 70.5 Å². The first-order valence-electron chi connectivity index (χ1n) is 12.2. The Hall–Kier alpha value is -3.81. The summed E-state index contributed by atoms with van der Waals surface area (Å²) in [4.78, 5) is 0.